The van der Waals surface area contributed by atoms with Crippen LogP contribution < -0.4 is 0 Å². The summed E-state index contributed by atoms with van der Waals surface area (Å²) in [5.41, 5.74) is -1.13. The molecule has 0 aromatic carbocycles. The van der Waals surface area contributed by atoms with Gasteiger partial charge in [-0.1, -0.05) is 0 Å². The van der Waals surface area contributed by atoms with Crippen molar-refractivity contribution in [2.75, 3.05) is 6.61 Å². The summed E-state index contributed by atoms with van der Waals surface area (Å²) < 4.78 is 4.95. The van der Waals surface area contributed by atoms with Crippen molar-refractivity contribution in [1.82, 2.24) is 0 Å². The van der Waals surface area contributed by atoms with Gasteiger partial charge < -0.3 is 20.1 Å². The maximum Gasteiger partial charge on any atom is 0.116 e. The fourth-order valence-corrected chi connectivity index (χ4v) is 1.12. The molecule has 1 fully saturated rings. The maximum atomic E-state index is 9.27. The van der Waals surface area contributed by atoms with Crippen LogP contribution in [-0.4, -0.2) is 53.6 Å². The van der Waals surface area contributed by atoms with Crippen molar-refractivity contribution in [3.05, 3.63) is 0 Å². The predicted molar refractivity (Wildman–Crippen MR) is 38.1 cm³/mol. The number of aliphatic hydroxyl groups is 3. The van der Waals surface area contributed by atoms with Gasteiger partial charge in [0.2, 0.25) is 0 Å². The van der Waals surface area contributed by atoms with E-state index in [-0.39, 0.29) is 6.61 Å². The third-order valence-corrected chi connectivity index (χ3v) is 2.01. The van der Waals surface area contributed by atoms with Crippen LogP contribution in [0.2, 0.25) is 0 Å². The van der Waals surface area contributed by atoms with Crippen molar-refractivity contribution in [3.63, 3.8) is 0 Å². The molecule has 1 rings (SSSR count). The van der Waals surface area contributed by atoms with Crippen molar-refractivity contribution in [2.24, 2.45) is 0 Å². The number of hydrogen-bond acceptors (Lipinski definition) is 4. The normalized spacial score (nSPS) is 51.5. The van der Waals surface area contributed by atoms with Crippen LogP contribution in [0.15, 0.2) is 0 Å². The van der Waals surface area contributed by atoms with Crippen molar-refractivity contribution < 1.29 is 20.1 Å². The molecular formula is C6H11BO4. The Morgan fingerprint density at radius 1 is 1.55 bits per heavy atom. The Bertz CT molecular complexity index is 154. The van der Waals surface area contributed by atoms with Crippen LogP contribution >= 0.6 is 0 Å². The average molecular weight is 158 g/mol. The fraction of sp³-hybridized carbons (Fsp3) is 1.00. The lowest BCUT2D eigenvalue weighted by atomic mass is 9.90. The van der Waals surface area contributed by atoms with E-state index in [4.69, 9.17) is 22.8 Å². The highest BCUT2D eigenvalue weighted by atomic mass is 16.6. The lowest BCUT2D eigenvalue weighted by Gasteiger charge is -2.24. The Morgan fingerprint density at radius 2 is 2.09 bits per heavy atom. The summed E-state index contributed by atoms with van der Waals surface area (Å²) in [6.45, 7) is 1.13. The van der Waals surface area contributed by atoms with Crippen LogP contribution in [0.3, 0.4) is 0 Å². The molecule has 0 aromatic heterocycles. The summed E-state index contributed by atoms with van der Waals surface area (Å²) in [5, 5.41) is 27.2. The summed E-state index contributed by atoms with van der Waals surface area (Å²) in [4.78, 5) is 0. The zero-order valence-electron chi connectivity index (χ0n) is 6.27. The highest BCUT2D eigenvalue weighted by Gasteiger charge is 2.48. The average Bonchev–Trinajstić information content (AvgIpc) is 2.17. The molecule has 0 saturated carbocycles. The topological polar surface area (TPSA) is 69.9 Å². The van der Waals surface area contributed by atoms with E-state index in [1.54, 1.807) is 0 Å². The Morgan fingerprint density at radius 3 is 2.27 bits per heavy atom. The van der Waals surface area contributed by atoms with Crippen molar-refractivity contribution >= 4 is 7.85 Å². The SMILES string of the molecule is [B][C@@H]1O[C@](C)(CO)[C@@H](O)[C@H]1O. The van der Waals surface area contributed by atoms with Gasteiger partial charge >= 0.3 is 0 Å². The third-order valence-electron chi connectivity index (χ3n) is 2.01. The molecule has 3 N–H and O–H groups in total. The first kappa shape index (κ1) is 9.00. The van der Waals surface area contributed by atoms with Crippen LogP contribution in [0.5, 0.6) is 0 Å². The van der Waals surface area contributed by atoms with Crippen LogP contribution in [-0.2, 0) is 4.74 Å². The Kier molecular flexibility index (Phi) is 2.25. The molecule has 0 aliphatic carbocycles. The fourth-order valence-electron chi connectivity index (χ4n) is 1.12. The van der Waals surface area contributed by atoms with Gasteiger partial charge in [0.05, 0.1) is 6.61 Å². The molecule has 2 radical (unpaired) electrons. The minimum atomic E-state index is -1.13. The molecule has 0 bridgehead atoms. The monoisotopic (exact) mass is 158 g/mol. The van der Waals surface area contributed by atoms with Gasteiger partial charge in [-0.3, -0.25) is 0 Å². The van der Waals surface area contributed by atoms with E-state index in [9.17, 15) is 5.11 Å². The van der Waals surface area contributed by atoms with E-state index in [1.165, 1.54) is 6.92 Å². The Hall–Kier alpha value is -0.0951. The third kappa shape index (κ3) is 1.29. The van der Waals surface area contributed by atoms with Gasteiger partial charge in [-0.05, 0) is 6.92 Å². The summed E-state index contributed by atoms with van der Waals surface area (Å²) in [7, 11) is 5.28. The largest absolute Gasteiger partial charge is 0.393 e. The van der Waals surface area contributed by atoms with E-state index in [0.717, 1.165) is 0 Å². The van der Waals surface area contributed by atoms with Gasteiger partial charge in [-0.25, -0.2) is 0 Å². The predicted octanol–water partition coefficient (Wildman–Crippen LogP) is -2.02. The van der Waals surface area contributed by atoms with E-state index in [0.29, 0.717) is 0 Å². The Balaban J connectivity index is 2.73. The first-order valence-corrected chi connectivity index (χ1v) is 3.41. The zero-order chi connectivity index (χ0) is 8.65. The highest BCUT2D eigenvalue weighted by Crippen LogP contribution is 2.28. The second kappa shape index (κ2) is 2.75. The first-order chi connectivity index (χ1) is 5.01. The van der Waals surface area contributed by atoms with Crippen LogP contribution in [0, 0.1) is 0 Å². The lowest BCUT2D eigenvalue weighted by Crippen LogP contribution is -2.43. The molecule has 1 aliphatic rings. The van der Waals surface area contributed by atoms with Gasteiger partial charge in [0.15, 0.2) is 0 Å². The molecule has 0 aromatic rings. The van der Waals surface area contributed by atoms with Crippen LogP contribution in [0.4, 0.5) is 0 Å². The number of aliphatic hydroxyl groups excluding tert-OH is 3. The quantitative estimate of drug-likeness (QED) is 0.385. The first-order valence-electron chi connectivity index (χ1n) is 3.41. The highest BCUT2D eigenvalue weighted by molar-refractivity contribution is 6.11. The molecule has 4 nitrogen and oxygen atoms in total. The Labute approximate surface area is 66.2 Å². The maximum absolute atomic E-state index is 9.27. The van der Waals surface area contributed by atoms with Gasteiger partial charge in [-0.15, -0.1) is 0 Å². The standard InChI is InChI=1S/C6H11BO4/c1-6(2-8)4(10)3(9)5(7)11-6/h3-5,8-10H,2H2,1H3/t3-,4+,5-,6-/m1/s1. The molecule has 0 spiro atoms. The van der Waals surface area contributed by atoms with Crippen LogP contribution in [0.25, 0.3) is 0 Å². The minimum absolute atomic E-state index is 0.362. The van der Waals surface area contributed by atoms with Gasteiger partial charge in [0, 0.05) is 6.00 Å². The van der Waals surface area contributed by atoms with E-state index < -0.39 is 23.8 Å². The second-order valence-corrected chi connectivity index (χ2v) is 2.99. The molecule has 1 aliphatic heterocycles. The van der Waals surface area contributed by atoms with E-state index >= 15 is 0 Å². The smallest absolute Gasteiger partial charge is 0.116 e. The summed E-state index contributed by atoms with van der Waals surface area (Å²) >= 11 is 0. The summed E-state index contributed by atoms with van der Waals surface area (Å²) in [6.07, 6.45) is -2.24. The number of hydrogen-bond donors (Lipinski definition) is 3. The molecular weight excluding hydrogens is 147 g/mol. The minimum Gasteiger partial charge on any atom is -0.393 e. The molecule has 11 heavy (non-hydrogen) atoms. The molecule has 1 saturated heterocycles. The van der Waals surface area contributed by atoms with Crippen molar-refractivity contribution in [3.8, 4) is 0 Å². The van der Waals surface area contributed by atoms with E-state index in [2.05, 4.69) is 0 Å². The molecule has 4 atom stereocenters. The van der Waals surface area contributed by atoms with Gasteiger partial charge in [0.1, 0.15) is 25.7 Å². The number of ether oxygens (including phenoxy) is 1. The number of rotatable bonds is 1. The summed E-state index contributed by atoms with van der Waals surface area (Å²) in [6, 6.07) is -0.915. The second-order valence-electron chi connectivity index (χ2n) is 2.99. The molecule has 1 heterocycles. The summed E-state index contributed by atoms with van der Waals surface area (Å²) in [5.74, 6) is 0. The molecule has 0 amide bonds. The zero-order valence-corrected chi connectivity index (χ0v) is 6.27. The van der Waals surface area contributed by atoms with Crippen LogP contribution in [0.1, 0.15) is 6.92 Å². The van der Waals surface area contributed by atoms with Crippen molar-refractivity contribution in [2.45, 2.75) is 30.7 Å². The molecule has 5 heteroatoms. The van der Waals surface area contributed by atoms with Gasteiger partial charge in [0.25, 0.3) is 0 Å². The molecule has 0 unspecified atom stereocenters. The lowest BCUT2D eigenvalue weighted by molar-refractivity contribution is -0.0865. The van der Waals surface area contributed by atoms with Crippen molar-refractivity contribution in [1.29, 1.82) is 0 Å². The van der Waals surface area contributed by atoms with Gasteiger partial charge in [-0.2, -0.15) is 0 Å². The van der Waals surface area contributed by atoms with E-state index in [1.807, 2.05) is 0 Å². The molecule has 62 valence electrons.